The molecular formula is C13H25NO3. The van der Waals surface area contributed by atoms with Gasteiger partial charge in [-0.2, -0.15) is 0 Å². The zero-order chi connectivity index (χ0) is 13.3. The standard InChI is InChI=1S/C13H25NO3/c1-4-7-10(8-5-2)11(9-6-3)12(14)17-13(15)16/h10H,4-9,14H2,1-3H3,(H,15,16)/b12-11+. The van der Waals surface area contributed by atoms with Crippen LogP contribution >= 0.6 is 0 Å². The summed E-state index contributed by atoms with van der Waals surface area (Å²) < 4.78 is 4.61. The zero-order valence-electron chi connectivity index (χ0n) is 11.2. The molecule has 0 aromatic carbocycles. The van der Waals surface area contributed by atoms with Gasteiger partial charge in [0.2, 0.25) is 0 Å². The van der Waals surface area contributed by atoms with Crippen LogP contribution in [-0.4, -0.2) is 11.3 Å². The van der Waals surface area contributed by atoms with Gasteiger partial charge in [-0.1, -0.05) is 40.0 Å². The molecule has 3 N–H and O–H groups in total. The van der Waals surface area contributed by atoms with Crippen LogP contribution in [-0.2, 0) is 4.74 Å². The monoisotopic (exact) mass is 243 g/mol. The Morgan fingerprint density at radius 3 is 2.06 bits per heavy atom. The quantitative estimate of drug-likeness (QED) is 0.501. The van der Waals surface area contributed by atoms with Crippen molar-refractivity contribution >= 4 is 6.16 Å². The second-order valence-electron chi connectivity index (χ2n) is 4.28. The van der Waals surface area contributed by atoms with Crippen molar-refractivity contribution in [3.8, 4) is 0 Å². The van der Waals surface area contributed by atoms with Gasteiger partial charge in [0, 0.05) is 0 Å². The van der Waals surface area contributed by atoms with E-state index in [0.717, 1.165) is 44.1 Å². The van der Waals surface area contributed by atoms with Gasteiger partial charge in [-0.3, -0.25) is 0 Å². The van der Waals surface area contributed by atoms with E-state index in [2.05, 4.69) is 25.5 Å². The summed E-state index contributed by atoms with van der Waals surface area (Å²) >= 11 is 0. The number of ether oxygens (including phenoxy) is 1. The average Bonchev–Trinajstić information content (AvgIpc) is 2.24. The van der Waals surface area contributed by atoms with Gasteiger partial charge in [-0.05, 0) is 30.8 Å². The molecule has 0 fully saturated rings. The lowest BCUT2D eigenvalue weighted by Gasteiger charge is -2.20. The largest absolute Gasteiger partial charge is 0.512 e. The lowest BCUT2D eigenvalue weighted by atomic mass is 9.88. The van der Waals surface area contributed by atoms with E-state index in [-0.39, 0.29) is 5.88 Å². The third kappa shape index (κ3) is 6.19. The number of carbonyl (C=O) groups is 1. The summed E-state index contributed by atoms with van der Waals surface area (Å²) in [5.41, 5.74) is 6.71. The highest BCUT2D eigenvalue weighted by Crippen LogP contribution is 2.28. The highest BCUT2D eigenvalue weighted by Gasteiger charge is 2.18. The molecule has 0 atom stereocenters. The highest BCUT2D eigenvalue weighted by molar-refractivity contribution is 5.58. The van der Waals surface area contributed by atoms with Crippen LogP contribution < -0.4 is 5.73 Å². The summed E-state index contributed by atoms with van der Waals surface area (Å²) in [6.45, 7) is 6.31. The number of nitrogens with two attached hydrogens (primary N) is 1. The van der Waals surface area contributed by atoms with E-state index in [1.165, 1.54) is 0 Å². The van der Waals surface area contributed by atoms with Crippen LogP contribution in [0.25, 0.3) is 0 Å². The number of rotatable bonds is 8. The third-order valence-electron chi connectivity index (χ3n) is 2.80. The molecule has 0 spiro atoms. The molecule has 0 amide bonds. The van der Waals surface area contributed by atoms with E-state index in [0.29, 0.717) is 5.92 Å². The lowest BCUT2D eigenvalue weighted by molar-refractivity contribution is 0.115. The Bertz CT molecular complexity index is 255. The van der Waals surface area contributed by atoms with Crippen LogP contribution in [0, 0.1) is 5.92 Å². The molecule has 0 aliphatic carbocycles. The smallest absolute Gasteiger partial charge is 0.449 e. The van der Waals surface area contributed by atoms with Gasteiger partial charge in [-0.15, -0.1) is 0 Å². The molecule has 0 radical (unpaired) electrons. The van der Waals surface area contributed by atoms with Crippen molar-refractivity contribution in [3.63, 3.8) is 0 Å². The summed E-state index contributed by atoms with van der Waals surface area (Å²) in [6.07, 6.45) is 4.63. The number of hydrogen-bond donors (Lipinski definition) is 2. The summed E-state index contributed by atoms with van der Waals surface area (Å²) in [4.78, 5) is 10.5. The average molecular weight is 243 g/mol. The Labute approximate surface area is 104 Å². The molecule has 0 aromatic heterocycles. The molecule has 0 aliphatic heterocycles. The third-order valence-corrected chi connectivity index (χ3v) is 2.80. The molecule has 0 saturated heterocycles. The molecule has 17 heavy (non-hydrogen) atoms. The van der Waals surface area contributed by atoms with Crippen LogP contribution in [0.15, 0.2) is 11.5 Å². The normalized spacial score (nSPS) is 12.5. The van der Waals surface area contributed by atoms with E-state index in [4.69, 9.17) is 10.8 Å². The van der Waals surface area contributed by atoms with Crippen molar-refractivity contribution in [2.45, 2.75) is 59.3 Å². The van der Waals surface area contributed by atoms with Gasteiger partial charge < -0.3 is 15.6 Å². The van der Waals surface area contributed by atoms with E-state index < -0.39 is 6.16 Å². The summed E-state index contributed by atoms with van der Waals surface area (Å²) in [7, 11) is 0. The van der Waals surface area contributed by atoms with Gasteiger partial charge in [0.15, 0.2) is 5.88 Å². The Kier molecular flexibility index (Phi) is 8.28. The maximum absolute atomic E-state index is 10.5. The van der Waals surface area contributed by atoms with Crippen LogP contribution in [0.3, 0.4) is 0 Å². The van der Waals surface area contributed by atoms with Gasteiger partial charge in [0.1, 0.15) is 0 Å². The van der Waals surface area contributed by atoms with Gasteiger partial charge >= 0.3 is 6.16 Å². The van der Waals surface area contributed by atoms with Crippen molar-refractivity contribution in [2.24, 2.45) is 11.7 Å². The molecular weight excluding hydrogens is 218 g/mol. The summed E-state index contributed by atoms with van der Waals surface area (Å²) in [5, 5.41) is 8.61. The minimum Gasteiger partial charge on any atom is -0.449 e. The molecule has 0 saturated carbocycles. The molecule has 100 valence electrons. The fourth-order valence-corrected chi connectivity index (χ4v) is 2.15. The van der Waals surface area contributed by atoms with E-state index in [1.54, 1.807) is 0 Å². The fraction of sp³-hybridized carbons (Fsp3) is 0.769. The lowest BCUT2D eigenvalue weighted by Crippen LogP contribution is -2.16. The van der Waals surface area contributed by atoms with Gasteiger partial charge in [0.05, 0.1) is 0 Å². The minimum atomic E-state index is -1.33. The minimum absolute atomic E-state index is 0.0891. The van der Waals surface area contributed by atoms with Crippen molar-refractivity contribution in [1.82, 2.24) is 0 Å². The first-order valence-corrected chi connectivity index (χ1v) is 6.45. The fourth-order valence-electron chi connectivity index (χ4n) is 2.15. The van der Waals surface area contributed by atoms with Crippen LogP contribution in [0.2, 0.25) is 0 Å². The Hall–Kier alpha value is -1.19. The van der Waals surface area contributed by atoms with E-state index in [1.807, 2.05) is 0 Å². The van der Waals surface area contributed by atoms with Crippen LogP contribution in [0.5, 0.6) is 0 Å². The number of allylic oxidation sites excluding steroid dienone is 1. The van der Waals surface area contributed by atoms with Crippen molar-refractivity contribution in [2.75, 3.05) is 0 Å². The molecule has 0 heterocycles. The maximum Gasteiger partial charge on any atom is 0.512 e. The Morgan fingerprint density at radius 2 is 1.71 bits per heavy atom. The molecule has 0 aliphatic rings. The van der Waals surface area contributed by atoms with E-state index >= 15 is 0 Å². The van der Waals surface area contributed by atoms with E-state index in [9.17, 15) is 4.79 Å². The number of carboxylic acid groups (broad SMARTS) is 1. The molecule has 0 bridgehead atoms. The first-order valence-electron chi connectivity index (χ1n) is 6.45. The topological polar surface area (TPSA) is 72.5 Å². The van der Waals surface area contributed by atoms with Crippen LogP contribution in [0.1, 0.15) is 59.3 Å². The predicted octanol–water partition coefficient (Wildman–Crippen LogP) is 3.87. The molecule has 0 rings (SSSR count). The maximum atomic E-state index is 10.5. The Morgan fingerprint density at radius 1 is 1.18 bits per heavy atom. The first-order chi connectivity index (χ1) is 8.06. The van der Waals surface area contributed by atoms with Gasteiger partial charge in [0.25, 0.3) is 0 Å². The van der Waals surface area contributed by atoms with Crippen LogP contribution in [0.4, 0.5) is 4.79 Å². The number of hydrogen-bond acceptors (Lipinski definition) is 3. The second kappa shape index (κ2) is 8.90. The SMILES string of the molecule is CCC/C(=C(/N)OC(=O)O)C(CCC)CCC. The first kappa shape index (κ1) is 15.8. The zero-order valence-corrected chi connectivity index (χ0v) is 11.2. The highest BCUT2D eigenvalue weighted by atomic mass is 16.7. The van der Waals surface area contributed by atoms with Gasteiger partial charge in [-0.25, -0.2) is 4.79 Å². The second-order valence-corrected chi connectivity index (χ2v) is 4.28. The van der Waals surface area contributed by atoms with Crippen molar-refractivity contribution in [1.29, 1.82) is 0 Å². The predicted molar refractivity (Wildman–Crippen MR) is 68.5 cm³/mol. The summed E-state index contributed by atoms with van der Waals surface area (Å²) in [6, 6.07) is 0. The van der Waals surface area contributed by atoms with Crippen molar-refractivity contribution in [3.05, 3.63) is 11.5 Å². The Balaban J connectivity index is 4.92. The molecule has 4 heteroatoms. The summed E-state index contributed by atoms with van der Waals surface area (Å²) in [5.74, 6) is 0.440. The molecule has 4 nitrogen and oxygen atoms in total. The van der Waals surface area contributed by atoms with Crippen molar-refractivity contribution < 1.29 is 14.6 Å². The molecule has 0 aromatic rings. The molecule has 0 unspecified atom stereocenters.